The van der Waals surface area contributed by atoms with Crippen LogP contribution in [0.1, 0.15) is 28.8 Å². The third-order valence-electron chi connectivity index (χ3n) is 5.76. The lowest BCUT2D eigenvalue weighted by Crippen LogP contribution is -2.37. The second-order valence-electron chi connectivity index (χ2n) is 7.78. The van der Waals surface area contributed by atoms with Gasteiger partial charge in [-0.15, -0.1) is 12.4 Å². The Labute approximate surface area is 180 Å². The second-order valence-corrected chi connectivity index (χ2v) is 7.78. The van der Waals surface area contributed by atoms with Crippen molar-refractivity contribution in [3.05, 3.63) is 96.1 Å². The summed E-state index contributed by atoms with van der Waals surface area (Å²) in [6.45, 7) is 2.57. The van der Waals surface area contributed by atoms with Gasteiger partial charge in [-0.25, -0.2) is 0 Å². The first kappa shape index (κ1) is 21.3. The highest BCUT2D eigenvalue weighted by Gasteiger charge is 2.21. The fourth-order valence-electron chi connectivity index (χ4n) is 4.07. The summed E-state index contributed by atoms with van der Waals surface area (Å²) in [4.78, 5) is 15.0. The number of carbonyl (C=O) groups is 1. The van der Waals surface area contributed by atoms with Crippen LogP contribution in [-0.2, 0) is 6.42 Å². The van der Waals surface area contributed by atoms with Gasteiger partial charge in [0.25, 0.3) is 0 Å². The van der Waals surface area contributed by atoms with Crippen LogP contribution >= 0.6 is 12.4 Å². The van der Waals surface area contributed by atoms with Gasteiger partial charge in [0.1, 0.15) is 0 Å². The van der Waals surface area contributed by atoms with Crippen molar-refractivity contribution in [2.45, 2.75) is 19.3 Å². The van der Waals surface area contributed by atoms with Crippen LogP contribution < -0.4 is 0 Å². The molecule has 0 amide bonds. The summed E-state index contributed by atoms with van der Waals surface area (Å²) in [6, 6.07) is 29.1. The third-order valence-corrected chi connectivity index (χ3v) is 5.76. The van der Waals surface area contributed by atoms with E-state index >= 15 is 0 Å². The van der Waals surface area contributed by atoms with Gasteiger partial charge in [-0.1, -0.05) is 84.9 Å². The number of ketones is 1. The fraction of sp³-hybridized carbons (Fsp3) is 0.269. The third kappa shape index (κ3) is 5.79. The van der Waals surface area contributed by atoms with Gasteiger partial charge in [0, 0.05) is 5.56 Å². The lowest BCUT2D eigenvalue weighted by Gasteiger charge is -2.31. The molecule has 3 aromatic rings. The smallest absolute Gasteiger partial charge is 0.176 e. The van der Waals surface area contributed by atoms with Gasteiger partial charge in [0.2, 0.25) is 0 Å². The van der Waals surface area contributed by atoms with Gasteiger partial charge in [-0.2, -0.15) is 0 Å². The SMILES string of the molecule is Cl.O=C(CN1CCC(Cc2ccccc2)CC1)c1ccc(-c2ccccc2)cc1. The molecule has 1 aliphatic heterocycles. The van der Waals surface area contributed by atoms with E-state index in [9.17, 15) is 4.79 Å². The number of likely N-dealkylation sites (tertiary alicyclic amines) is 1. The van der Waals surface area contributed by atoms with E-state index in [1.54, 1.807) is 0 Å². The van der Waals surface area contributed by atoms with Crippen LogP contribution in [0.5, 0.6) is 0 Å². The van der Waals surface area contributed by atoms with Gasteiger partial charge < -0.3 is 0 Å². The maximum absolute atomic E-state index is 12.7. The Morgan fingerprint density at radius 1 is 0.759 bits per heavy atom. The van der Waals surface area contributed by atoms with E-state index in [0.717, 1.165) is 36.6 Å². The van der Waals surface area contributed by atoms with E-state index in [4.69, 9.17) is 0 Å². The number of nitrogens with zero attached hydrogens (tertiary/aromatic N) is 1. The molecule has 1 heterocycles. The number of piperidine rings is 1. The highest BCUT2D eigenvalue weighted by atomic mass is 35.5. The first-order valence-electron chi connectivity index (χ1n) is 10.2. The van der Waals surface area contributed by atoms with Crippen LogP contribution in [-0.4, -0.2) is 30.3 Å². The molecule has 29 heavy (non-hydrogen) atoms. The maximum atomic E-state index is 12.7. The first-order valence-corrected chi connectivity index (χ1v) is 10.2. The molecule has 0 aliphatic carbocycles. The molecule has 0 aromatic heterocycles. The van der Waals surface area contributed by atoms with Gasteiger partial charge in [0.05, 0.1) is 6.54 Å². The number of carbonyl (C=O) groups excluding carboxylic acids is 1. The molecule has 0 N–H and O–H groups in total. The van der Waals surface area contributed by atoms with Gasteiger partial charge in [0.15, 0.2) is 5.78 Å². The van der Waals surface area contributed by atoms with Crippen molar-refractivity contribution in [3.8, 4) is 11.1 Å². The van der Waals surface area contributed by atoms with Crippen molar-refractivity contribution >= 4 is 18.2 Å². The van der Waals surface area contributed by atoms with Crippen molar-refractivity contribution < 1.29 is 4.79 Å². The average Bonchev–Trinajstić information content (AvgIpc) is 2.76. The highest BCUT2D eigenvalue weighted by Crippen LogP contribution is 2.23. The van der Waals surface area contributed by atoms with Crippen molar-refractivity contribution in [2.24, 2.45) is 5.92 Å². The number of rotatable bonds is 6. The zero-order valence-corrected chi connectivity index (χ0v) is 17.5. The standard InChI is InChI=1S/C26H27NO.ClH/c28-26(25-13-11-24(12-14-25)23-9-5-2-6-10-23)20-27-17-15-22(16-18-27)19-21-7-3-1-4-8-21;/h1-14,22H,15-20H2;1H. The van der Waals surface area contributed by atoms with Gasteiger partial charge in [-0.05, 0) is 55.0 Å². The number of halogens is 1. The molecule has 0 spiro atoms. The summed E-state index contributed by atoms with van der Waals surface area (Å²) in [7, 11) is 0. The maximum Gasteiger partial charge on any atom is 0.176 e. The molecule has 1 fully saturated rings. The second kappa shape index (κ2) is 10.4. The van der Waals surface area contributed by atoms with Crippen LogP contribution in [0.3, 0.4) is 0 Å². The molecule has 0 saturated carbocycles. The monoisotopic (exact) mass is 405 g/mol. The summed E-state index contributed by atoms with van der Waals surface area (Å²) in [6.07, 6.45) is 3.51. The van der Waals surface area contributed by atoms with E-state index in [-0.39, 0.29) is 18.2 Å². The molecular weight excluding hydrogens is 378 g/mol. The predicted molar refractivity (Wildman–Crippen MR) is 123 cm³/mol. The summed E-state index contributed by atoms with van der Waals surface area (Å²) >= 11 is 0. The molecule has 150 valence electrons. The molecule has 0 unspecified atom stereocenters. The van der Waals surface area contributed by atoms with Crippen LogP contribution in [0.4, 0.5) is 0 Å². The summed E-state index contributed by atoms with van der Waals surface area (Å²) < 4.78 is 0. The van der Waals surface area contributed by atoms with Crippen LogP contribution in [0, 0.1) is 5.92 Å². The number of hydrogen-bond acceptors (Lipinski definition) is 2. The Bertz CT molecular complexity index is 885. The largest absolute Gasteiger partial charge is 0.296 e. The van der Waals surface area contributed by atoms with Crippen molar-refractivity contribution in [2.75, 3.05) is 19.6 Å². The Morgan fingerprint density at radius 3 is 1.93 bits per heavy atom. The van der Waals surface area contributed by atoms with Crippen molar-refractivity contribution in [3.63, 3.8) is 0 Å². The Kier molecular flexibility index (Phi) is 7.62. The van der Waals surface area contributed by atoms with Gasteiger partial charge in [-0.3, -0.25) is 9.69 Å². The Morgan fingerprint density at radius 2 is 1.31 bits per heavy atom. The molecule has 0 atom stereocenters. The topological polar surface area (TPSA) is 20.3 Å². The molecule has 0 radical (unpaired) electrons. The number of benzene rings is 3. The van der Waals surface area contributed by atoms with Crippen molar-refractivity contribution in [1.29, 1.82) is 0 Å². The van der Waals surface area contributed by atoms with E-state index in [0.29, 0.717) is 6.54 Å². The minimum absolute atomic E-state index is 0. The summed E-state index contributed by atoms with van der Waals surface area (Å²) in [5.41, 5.74) is 4.57. The molecular formula is C26H28ClNO. The zero-order chi connectivity index (χ0) is 19.2. The van der Waals surface area contributed by atoms with Gasteiger partial charge >= 0.3 is 0 Å². The van der Waals surface area contributed by atoms with Crippen LogP contribution in [0.15, 0.2) is 84.9 Å². The Balaban J connectivity index is 0.00000240. The Hall–Kier alpha value is -2.42. The summed E-state index contributed by atoms with van der Waals surface area (Å²) in [5.74, 6) is 0.958. The van der Waals surface area contributed by atoms with E-state index in [2.05, 4.69) is 59.5 Å². The lowest BCUT2D eigenvalue weighted by atomic mass is 9.90. The fourth-order valence-corrected chi connectivity index (χ4v) is 4.07. The molecule has 1 aliphatic rings. The van der Waals surface area contributed by atoms with Crippen LogP contribution in [0.25, 0.3) is 11.1 Å². The lowest BCUT2D eigenvalue weighted by molar-refractivity contribution is 0.0895. The molecule has 4 rings (SSSR count). The number of hydrogen-bond donors (Lipinski definition) is 0. The molecule has 1 saturated heterocycles. The number of Topliss-reactive ketones (excluding diaryl/α,β-unsaturated/α-hetero) is 1. The highest BCUT2D eigenvalue weighted by molar-refractivity contribution is 5.98. The predicted octanol–water partition coefficient (Wildman–Crippen LogP) is 5.91. The molecule has 0 bridgehead atoms. The zero-order valence-electron chi connectivity index (χ0n) is 16.7. The first-order chi connectivity index (χ1) is 13.8. The molecule has 3 aromatic carbocycles. The molecule has 2 nitrogen and oxygen atoms in total. The minimum Gasteiger partial charge on any atom is -0.296 e. The van der Waals surface area contributed by atoms with E-state index in [1.165, 1.54) is 24.0 Å². The molecule has 3 heteroatoms. The minimum atomic E-state index is 0. The average molecular weight is 406 g/mol. The van der Waals surface area contributed by atoms with Crippen molar-refractivity contribution in [1.82, 2.24) is 4.90 Å². The van der Waals surface area contributed by atoms with E-state index in [1.807, 2.05) is 30.3 Å². The quantitative estimate of drug-likeness (QED) is 0.475. The van der Waals surface area contributed by atoms with Crippen LogP contribution in [0.2, 0.25) is 0 Å². The summed E-state index contributed by atoms with van der Waals surface area (Å²) in [5, 5.41) is 0. The normalized spacial score (nSPS) is 14.9. The van der Waals surface area contributed by atoms with E-state index < -0.39 is 0 Å².